The van der Waals surface area contributed by atoms with Crippen molar-refractivity contribution in [3.8, 4) is 0 Å². The van der Waals surface area contributed by atoms with E-state index < -0.39 is 12.0 Å². The Bertz CT molecular complexity index is 152. The Morgan fingerprint density at radius 1 is 1.60 bits per heavy atom. The smallest absolute Gasteiger partial charge is 0.357 e. The average Bonchev–Trinajstić information content (AvgIpc) is 1.81. The molecule has 0 aromatic carbocycles. The first-order valence-corrected chi connectivity index (χ1v) is 2.03. The Morgan fingerprint density at radius 2 is 2.10 bits per heavy atom. The lowest BCUT2D eigenvalue weighted by Gasteiger charge is -2.09. The van der Waals surface area contributed by atoms with Gasteiger partial charge in [0, 0.05) is 0 Å². The van der Waals surface area contributed by atoms with E-state index in [0.29, 0.717) is 0 Å². The zero-order chi connectivity index (χ0) is 8.15. The fourth-order valence-electron chi connectivity index (χ4n) is 0.236. The van der Waals surface area contributed by atoms with Crippen LogP contribution in [-0.4, -0.2) is 17.1 Å². The summed E-state index contributed by atoms with van der Waals surface area (Å²) < 4.78 is 0. The normalized spacial score (nSPS) is 8.00. The van der Waals surface area contributed by atoms with Gasteiger partial charge in [-0.05, 0) is 0 Å². The number of carbonyl (C=O) groups is 1. The van der Waals surface area contributed by atoms with Gasteiger partial charge in [-0.15, -0.1) is 4.91 Å². The molecule has 0 saturated heterocycles. The van der Waals surface area contributed by atoms with Crippen molar-refractivity contribution in [1.82, 2.24) is 5.06 Å². The minimum absolute atomic E-state index is 0.0347. The van der Waals surface area contributed by atoms with Gasteiger partial charge in [0.1, 0.15) is 0 Å². The molecule has 0 aliphatic rings. The second-order valence-corrected chi connectivity index (χ2v) is 1.17. The molecule has 8 heteroatoms. The van der Waals surface area contributed by atoms with Gasteiger partial charge >= 0.3 is 6.03 Å². The van der Waals surface area contributed by atoms with E-state index in [-0.39, 0.29) is 5.06 Å². The van der Waals surface area contributed by atoms with Gasteiger partial charge in [-0.1, -0.05) is 5.06 Å². The number of nitrogens with one attached hydrogen (secondary N) is 1. The van der Waals surface area contributed by atoms with Gasteiger partial charge in [-0.25, -0.2) is 9.73 Å². The van der Waals surface area contributed by atoms with Crippen LogP contribution in [0.5, 0.6) is 0 Å². The molecule has 0 aromatic heterocycles. The van der Waals surface area contributed by atoms with E-state index in [1.165, 1.54) is 0 Å². The fraction of sp³-hybridized carbons (Fsp3) is 0. The number of primary amides is 1. The summed E-state index contributed by atoms with van der Waals surface area (Å²) in [7, 11) is 0. The van der Waals surface area contributed by atoms with Crippen molar-refractivity contribution in [1.29, 1.82) is 5.41 Å². The molecule has 0 unspecified atom stereocenters. The lowest BCUT2D eigenvalue weighted by Crippen LogP contribution is -2.43. The monoisotopic (exact) mass is 147 g/mol. The highest BCUT2D eigenvalue weighted by Gasteiger charge is 2.14. The van der Waals surface area contributed by atoms with Crippen LogP contribution in [0.2, 0.25) is 0 Å². The number of nitrogens with two attached hydrogens (primary N) is 2. The van der Waals surface area contributed by atoms with Gasteiger partial charge in [-0.3, -0.25) is 5.41 Å². The molecular weight excluding hydrogens is 142 g/mol. The number of guanidine groups is 1. The molecule has 0 heterocycles. The highest BCUT2D eigenvalue weighted by molar-refractivity contribution is 5.91. The first-order valence-electron chi connectivity index (χ1n) is 2.03. The summed E-state index contributed by atoms with van der Waals surface area (Å²) in [6.07, 6.45) is 0. The van der Waals surface area contributed by atoms with Gasteiger partial charge in [0.2, 0.25) is 5.96 Å². The number of hydrogen-bond donors (Lipinski definition) is 3. The molecule has 0 bridgehead atoms. The van der Waals surface area contributed by atoms with Crippen LogP contribution in [0.3, 0.4) is 0 Å². The largest absolute Gasteiger partial charge is 0.367 e. The molecule has 0 aromatic rings. The predicted octanol–water partition coefficient (Wildman–Crippen LogP) is -1.13. The fourth-order valence-corrected chi connectivity index (χ4v) is 0.236. The summed E-state index contributed by atoms with van der Waals surface area (Å²) in [5, 5.41) is 8.43. The maximum absolute atomic E-state index is 10.1. The van der Waals surface area contributed by atoms with Gasteiger partial charge in [-0.2, -0.15) is 0 Å². The van der Waals surface area contributed by atoms with Gasteiger partial charge in [0.05, 0.1) is 0 Å². The van der Waals surface area contributed by atoms with Crippen LogP contribution >= 0.6 is 0 Å². The molecule has 2 amide bonds. The van der Waals surface area contributed by atoms with E-state index >= 15 is 0 Å². The third-order valence-corrected chi connectivity index (χ3v) is 0.534. The maximum atomic E-state index is 10.1. The van der Waals surface area contributed by atoms with Gasteiger partial charge < -0.3 is 11.5 Å². The van der Waals surface area contributed by atoms with Crippen molar-refractivity contribution in [2.24, 2.45) is 16.8 Å². The summed E-state index contributed by atoms with van der Waals surface area (Å²) >= 11 is 0. The maximum Gasteiger partial charge on any atom is 0.357 e. The number of hydrogen-bond acceptors (Lipinski definition) is 5. The van der Waals surface area contributed by atoms with E-state index in [0.717, 1.165) is 0 Å². The van der Waals surface area contributed by atoms with Crippen LogP contribution in [0, 0.1) is 10.3 Å². The number of amides is 2. The predicted molar refractivity (Wildman–Crippen MR) is 30.2 cm³/mol. The summed E-state index contributed by atoms with van der Waals surface area (Å²) in [6.45, 7) is 0. The zero-order valence-electron chi connectivity index (χ0n) is 4.77. The lowest BCUT2D eigenvalue weighted by atomic mass is 10.9. The van der Waals surface area contributed by atoms with E-state index in [1.807, 2.05) is 5.34 Å². The zero-order valence-corrected chi connectivity index (χ0v) is 4.77. The van der Waals surface area contributed by atoms with Crippen molar-refractivity contribution in [3.63, 3.8) is 0 Å². The summed E-state index contributed by atoms with van der Waals surface area (Å²) in [5.41, 5.74) is 9.27. The second kappa shape index (κ2) is 3.22. The molecule has 0 fully saturated rings. The lowest BCUT2D eigenvalue weighted by molar-refractivity contribution is -0.0612. The van der Waals surface area contributed by atoms with E-state index in [1.54, 1.807) is 0 Å². The highest BCUT2D eigenvalue weighted by atomic mass is 16.9. The Hall–Kier alpha value is -1.86. The molecular formula is C2H5N5O3. The SMILES string of the molecule is N=C(N)N(ON=O)C(N)=O. The molecule has 0 radical (unpaired) electrons. The average molecular weight is 147 g/mol. The highest BCUT2D eigenvalue weighted by Crippen LogP contribution is 1.87. The van der Waals surface area contributed by atoms with Crippen LogP contribution in [0.1, 0.15) is 0 Å². The van der Waals surface area contributed by atoms with Crippen LogP contribution < -0.4 is 11.5 Å². The molecule has 8 nitrogen and oxygen atoms in total. The Labute approximate surface area is 55.1 Å². The molecule has 0 atom stereocenters. The van der Waals surface area contributed by atoms with Gasteiger partial charge in [0.25, 0.3) is 0 Å². The topological polar surface area (TPSA) is 135 Å². The molecule has 0 aliphatic heterocycles. The van der Waals surface area contributed by atoms with E-state index in [2.05, 4.69) is 10.7 Å². The minimum Gasteiger partial charge on any atom is -0.367 e. The second-order valence-electron chi connectivity index (χ2n) is 1.17. The van der Waals surface area contributed by atoms with Crippen molar-refractivity contribution >= 4 is 12.0 Å². The molecule has 10 heavy (non-hydrogen) atoms. The number of nitrogens with zero attached hydrogens (tertiary/aromatic N) is 2. The summed E-state index contributed by atoms with van der Waals surface area (Å²) in [4.78, 5) is 23.1. The number of rotatable bonds is 2. The summed E-state index contributed by atoms with van der Waals surface area (Å²) in [6, 6.07) is -1.19. The van der Waals surface area contributed by atoms with Crippen molar-refractivity contribution in [3.05, 3.63) is 4.91 Å². The van der Waals surface area contributed by atoms with E-state index in [4.69, 9.17) is 11.1 Å². The van der Waals surface area contributed by atoms with Crippen LogP contribution in [0.15, 0.2) is 5.34 Å². The third kappa shape index (κ3) is 1.94. The van der Waals surface area contributed by atoms with Crippen LogP contribution in [-0.2, 0) is 4.94 Å². The summed E-state index contributed by atoms with van der Waals surface area (Å²) in [5.74, 6) is -0.813. The van der Waals surface area contributed by atoms with Crippen LogP contribution in [0.25, 0.3) is 0 Å². The molecule has 0 aliphatic carbocycles. The van der Waals surface area contributed by atoms with Crippen molar-refractivity contribution in [2.45, 2.75) is 0 Å². The molecule has 0 spiro atoms. The van der Waals surface area contributed by atoms with E-state index in [9.17, 15) is 9.70 Å². The third-order valence-electron chi connectivity index (χ3n) is 0.534. The van der Waals surface area contributed by atoms with Crippen molar-refractivity contribution < 1.29 is 9.73 Å². The Balaban J connectivity index is 4.11. The van der Waals surface area contributed by atoms with Crippen molar-refractivity contribution in [2.75, 3.05) is 0 Å². The quantitative estimate of drug-likeness (QED) is 0.197. The molecule has 0 saturated carbocycles. The standard InChI is InChI=1S/C2H5N5O3/c3-1(4)7(2(5)8)10-6-9/h(H3,3,4)(H2,5,8). The Morgan fingerprint density at radius 3 is 2.20 bits per heavy atom. The minimum atomic E-state index is -1.19. The Kier molecular flexibility index (Phi) is 2.62. The first kappa shape index (κ1) is 8.14. The first-order chi connectivity index (χ1) is 4.59. The van der Waals surface area contributed by atoms with Gasteiger partial charge in [0.15, 0.2) is 5.34 Å². The molecule has 5 N–H and O–H groups in total. The number of urea groups is 1. The molecule has 56 valence electrons. The number of hydroxylamine groups is 2. The molecule has 0 rings (SSSR count). The van der Waals surface area contributed by atoms with Crippen LogP contribution in [0.4, 0.5) is 4.79 Å². The number of carbonyl (C=O) groups excluding carboxylic acids is 1.